The van der Waals surface area contributed by atoms with Crippen molar-refractivity contribution < 1.29 is 9.47 Å². The van der Waals surface area contributed by atoms with E-state index in [9.17, 15) is 0 Å². The van der Waals surface area contributed by atoms with Crippen LogP contribution in [0.25, 0.3) is 11.3 Å². The normalized spacial score (nSPS) is 10.2. The molecule has 84 valence electrons. The molecule has 0 fully saturated rings. The van der Waals surface area contributed by atoms with Gasteiger partial charge in [-0.15, -0.1) is 0 Å². The molecule has 0 N–H and O–H groups in total. The Morgan fingerprint density at radius 1 is 1.19 bits per heavy atom. The minimum atomic E-state index is 0.722. The molecular formula is C11H13N3O2. The summed E-state index contributed by atoms with van der Waals surface area (Å²) >= 11 is 0. The maximum Gasteiger partial charge on any atom is 0.132 e. The molecule has 0 amide bonds. The fourth-order valence-electron chi connectivity index (χ4n) is 1.48. The molecule has 2 rings (SSSR count). The van der Waals surface area contributed by atoms with Crippen LogP contribution in [0.3, 0.4) is 0 Å². The van der Waals surface area contributed by atoms with E-state index in [-0.39, 0.29) is 0 Å². The van der Waals surface area contributed by atoms with Gasteiger partial charge in [-0.1, -0.05) is 0 Å². The predicted octanol–water partition coefficient (Wildman–Crippen LogP) is 1.50. The summed E-state index contributed by atoms with van der Waals surface area (Å²) in [4.78, 5) is 1.51. The Morgan fingerprint density at radius 2 is 2.00 bits per heavy atom. The van der Waals surface area contributed by atoms with E-state index >= 15 is 0 Å². The third kappa shape index (κ3) is 1.84. The molecule has 1 heterocycles. The first-order valence-corrected chi connectivity index (χ1v) is 4.83. The molecule has 16 heavy (non-hydrogen) atoms. The summed E-state index contributed by atoms with van der Waals surface area (Å²) in [6.07, 6.45) is 1.70. The molecule has 0 aliphatic heterocycles. The second kappa shape index (κ2) is 4.22. The van der Waals surface area contributed by atoms with E-state index < -0.39 is 0 Å². The van der Waals surface area contributed by atoms with E-state index in [1.54, 1.807) is 27.5 Å². The Bertz CT molecular complexity index is 494. The standard InChI is InChI=1S/C11H13N3O2/c1-14-12-7-10(13-14)9-5-4-8(15-2)6-11(9)16-3/h4-7H,1-3H3. The molecular weight excluding hydrogens is 206 g/mol. The van der Waals surface area contributed by atoms with Crippen molar-refractivity contribution in [3.63, 3.8) is 0 Å². The Hall–Kier alpha value is -2.04. The summed E-state index contributed by atoms with van der Waals surface area (Å²) in [5, 5.41) is 8.26. The molecule has 0 saturated carbocycles. The van der Waals surface area contributed by atoms with E-state index in [1.807, 2.05) is 18.2 Å². The Balaban J connectivity index is 2.48. The van der Waals surface area contributed by atoms with Crippen molar-refractivity contribution in [3.05, 3.63) is 24.4 Å². The lowest BCUT2D eigenvalue weighted by atomic mass is 10.1. The van der Waals surface area contributed by atoms with Crippen LogP contribution >= 0.6 is 0 Å². The van der Waals surface area contributed by atoms with Gasteiger partial charge in [0.15, 0.2) is 0 Å². The maximum atomic E-state index is 5.29. The smallest absolute Gasteiger partial charge is 0.132 e. The molecule has 2 aromatic rings. The van der Waals surface area contributed by atoms with Gasteiger partial charge in [-0.25, -0.2) is 0 Å². The second-order valence-electron chi connectivity index (χ2n) is 3.29. The first-order chi connectivity index (χ1) is 7.74. The van der Waals surface area contributed by atoms with Gasteiger partial charge in [0.1, 0.15) is 17.2 Å². The van der Waals surface area contributed by atoms with Gasteiger partial charge in [0.05, 0.1) is 20.4 Å². The summed E-state index contributed by atoms with van der Waals surface area (Å²) in [7, 11) is 5.02. The van der Waals surface area contributed by atoms with E-state index in [0.717, 1.165) is 22.8 Å². The largest absolute Gasteiger partial charge is 0.497 e. The molecule has 0 saturated heterocycles. The van der Waals surface area contributed by atoms with Gasteiger partial charge < -0.3 is 9.47 Å². The monoisotopic (exact) mass is 219 g/mol. The molecule has 0 radical (unpaired) electrons. The highest BCUT2D eigenvalue weighted by Gasteiger charge is 2.10. The highest BCUT2D eigenvalue weighted by molar-refractivity contribution is 5.67. The third-order valence-electron chi connectivity index (χ3n) is 2.28. The summed E-state index contributed by atoms with van der Waals surface area (Å²) < 4.78 is 10.4. The van der Waals surface area contributed by atoms with E-state index in [1.165, 1.54) is 4.80 Å². The van der Waals surface area contributed by atoms with Crippen molar-refractivity contribution in [2.24, 2.45) is 7.05 Å². The number of hydrogen-bond donors (Lipinski definition) is 0. The molecule has 5 nitrogen and oxygen atoms in total. The Kier molecular flexibility index (Phi) is 2.76. The van der Waals surface area contributed by atoms with Crippen LogP contribution < -0.4 is 9.47 Å². The van der Waals surface area contributed by atoms with Crippen LogP contribution in [0.15, 0.2) is 24.4 Å². The number of methoxy groups -OCH3 is 2. The number of hydrogen-bond acceptors (Lipinski definition) is 4. The lowest BCUT2D eigenvalue weighted by Gasteiger charge is -2.07. The molecule has 0 bridgehead atoms. The number of nitrogens with zero attached hydrogens (tertiary/aromatic N) is 3. The van der Waals surface area contributed by atoms with Gasteiger partial charge in [0.25, 0.3) is 0 Å². The SMILES string of the molecule is COc1ccc(-c2cnn(C)n2)c(OC)c1. The maximum absolute atomic E-state index is 5.29. The van der Waals surface area contributed by atoms with Crippen LogP contribution in [0.4, 0.5) is 0 Å². The molecule has 0 atom stereocenters. The van der Waals surface area contributed by atoms with Gasteiger partial charge in [0, 0.05) is 18.7 Å². The number of aryl methyl sites for hydroxylation is 1. The molecule has 0 unspecified atom stereocenters. The first kappa shape index (κ1) is 10.5. The molecule has 0 aliphatic rings. The average molecular weight is 219 g/mol. The van der Waals surface area contributed by atoms with Gasteiger partial charge >= 0.3 is 0 Å². The van der Waals surface area contributed by atoms with Crippen molar-refractivity contribution in [3.8, 4) is 22.8 Å². The van der Waals surface area contributed by atoms with Crippen molar-refractivity contribution in [2.75, 3.05) is 14.2 Å². The van der Waals surface area contributed by atoms with Crippen LogP contribution in [-0.4, -0.2) is 29.2 Å². The molecule has 0 spiro atoms. The first-order valence-electron chi connectivity index (χ1n) is 4.83. The highest BCUT2D eigenvalue weighted by atomic mass is 16.5. The number of rotatable bonds is 3. The number of aromatic nitrogens is 3. The second-order valence-corrected chi connectivity index (χ2v) is 3.29. The molecule has 1 aromatic carbocycles. The van der Waals surface area contributed by atoms with E-state index in [0.29, 0.717) is 0 Å². The lowest BCUT2D eigenvalue weighted by molar-refractivity contribution is 0.395. The molecule has 0 aliphatic carbocycles. The quantitative estimate of drug-likeness (QED) is 0.785. The summed E-state index contributed by atoms with van der Waals surface area (Å²) in [6, 6.07) is 5.60. The van der Waals surface area contributed by atoms with Crippen molar-refractivity contribution in [1.29, 1.82) is 0 Å². The highest BCUT2D eigenvalue weighted by Crippen LogP contribution is 2.31. The van der Waals surface area contributed by atoms with Crippen LogP contribution in [0.2, 0.25) is 0 Å². The van der Waals surface area contributed by atoms with Crippen LogP contribution in [0.5, 0.6) is 11.5 Å². The van der Waals surface area contributed by atoms with Gasteiger partial charge in [-0.05, 0) is 12.1 Å². The third-order valence-corrected chi connectivity index (χ3v) is 2.28. The predicted molar refractivity (Wildman–Crippen MR) is 59.5 cm³/mol. The summed E-state index contributed by atoms with van der Waals surface area (Å²) in [5.74, 6) is 1.48. The van der Waals surface area contributed by atoms with Crippen LogP contribution in [0.1, 0.15) is 0 Å². The van der Waals surface area contributed by atoms with Crippen molar-refractivity contribution in [2.45, 2.75) is 0 Å². The Labute approximate surface area is 93.6 Å². The minimum absolute atomic E-state index is 0.722. The van der Waals surface area contributed by atoms with Crippen LogP contribution in [-0.2, 0) is 7.05 Å². The van der Waals surface area contributed by atoms with E-state index in [2.05, 4.69) is 10.2 Å². The lowest BCUT2D eigenvalue weighted by Crippen LogP contribution is -1.93. The summed E-state index contributed by atoms with van der Waals surface area (Å²) in [6.45, 7) is 0. The van der Waals surface area contributed by atoms with Gasteiger partial charge in [-0.3, -0.25) is 0 Å². The zero-order valence-corrected chi connectivity index (χ0v) is 9.47. The van der Waals surface area contributed by atoms with Gasteiger partial charge in [0.2, 0.25) is 0 Å². The topological polar surface area (TPSA) is 49.2 Å². The van der Waals surface area contributed by atoms with Crippen molar-refractivity contribution in [1.82, 2.24) is 15.0 Å². The Morgan fingerprint density at radius 3 is 2.56 bits per heavy atom. The van der Waals surface area contributed by atoms with E-state index in [4.69, 9.17) is 9.47 Å². The zero-order valence-electron chi connectivity index (χ0n) is 9.47. The van der Waals surface area contributed by atoms with Crippen LogP contribution in [0, 0.1) is 0 Å². The molecule has 5 heteroatoms. The zero-order chi connectivity index (χ0) is 11.5. The van der Waals surface area contributed by atoms with Crippen molar-refractivity contribution >= 4 is 0 Å². The number of ether oxygens (including phenoxy) is 2. The number of benzene rings is 1. The summed E-state index contributed by atoms with van der Waals surface area (Å²) in [5.41, 5.74) is 1.68. The van der Waals surface area contributed by atoms with Gasteiger partial charge in [-0.2, -0.15) is 15.0 Å². The fourth-order valence-corrected chi connectivity index (χ4v) is 1.48. The average Bonchev–Trinajstić information content (AvgIpc) is 2.74. The fraction of sp³-hybridized carbons (Fsp3) is 0.273. The minimum Gasteiger partial charge on any atom is -0.497 e. The molecule has 1 aromatic heterocycles.